The molecular weight excluding hydrogens is 278 g/mol. The zero-order valence-electron chi connectivity index (χ0n) is 10.4. The summed E-state index contributed by atoms with van der Waals surface area (Å²) in [5.41, 5.74) is 1.75. The fourth-order valence-corrected chi connectivity index (χ4v) is 2.06. The Balaban J connectivity index is 2.89. The topological polar surface area (TPSA) is 20.3 Å². The summed E-state index contributed by atoms with van der Waals surface area (Å²) in [7, 11) is 2.01. The molecule has 0 amide bonds. The van der Waals surface area contributed by atoms with Crippen molar-refractivity contribution in [3.8, 4) is 0 Å². The van der Waals surface area contributed by atoms with Crippen LogP contribution in [0.3, 0.4) is 0 Å². The lowest BCUT2D eigenvalue weighted by Gasteiger charge is -2.21. The van der Waals surface area contributed by atoms with E-state index < -0.39 is 0 Å². The lowest BCUT2D eigenvalue weighted by atomic mass is 10.1. The molecule has 0 N–H and O–H groups in total. The number of allylic oxidation sites excluding steroid dienone is 1. The maximum atomic E-state index is 11.6. The van der Waals surface area contributed by atoms with Gasteiger partial charge in [-0.2, -0.15) is 0 Å². The molecule has 0 aliphatic rings. The van der Waals surface area contributed by atoms with Gasteiger partial charge in [0.05, 0.1) is 0 Å². The van der Waals surface area contributed by atoms with Crippen LogP contribution in [-0.2, 0) is 0 Å². The standard InChI is InChI=1S/C14H18BrNO/c1-4-5-6-9-16(3)14-10-12(15)7-8-13(14)11(2)17/h4,7-8,10H,1,5-6,9H2,2-3H3. The number of unbranched alkanes of at least 4 members (excludes halogenated alkanes) is 1. The molecule has 0 saturated heterocycles. The van der Waals surface area contributed by atoms with Crippen LogP contribution in [0.5, 0.6) is 0 Å². The highest BCUT2D eigenvalue weighted by atomic mass is 79.9. The molecule has 0 bridgehead atoms. The lowest BCUT2D eigenvalue weighted by Crippen LogP contribution is -2.20. The molecule has 0 heterocycles. The molecule has 0 aliphatic carbocycles. The van der Waals surface area contributed by atoms with Crippen molar-refractivity contribution in [3.63, 3.8) is 0 Å². The highest BCUT2D eigenvalue weighted by Crippen LogP contribution is 2.25. The molecule has 1 rings (SSSR count). The third-order valence-corrected chi connectivity index (χ3v) is 3.15. The Morgan fingerprint density at radius 2 is 2.24 bits per heavy atom. The SMILES string of the molecule is C=CCCCN(C)c1cc(Br)ccc1C(C)=O. The quantitative estimate of drug-likeness (QED) is 0.448. The van der Waals surface area contributed by atoms with Crippen molar-refractivity contribution in [1.29, 1.82) is 0 Å². The Morgan fingerprint density at radius 3 is 2.82 bits per heavy atom. The summed E-state index contributed by atoms with van der Waals surface area (Å²) in [5, 5.41) is 0. The molecular formula is C14H18BrNO. The Morgan fingerprint density at radius 1 is 1.53 bits per heavy atom. The van der Waals surface area contributed by atoms with Crippen LogP contribution in [0.15, 0.2) is 35.3 Å². The average molecular weight is 296 g/mol. The van der Waals surface area contributed by atoms with Crippen LogP contribution >= 0.6 is 15.9 Å². The minimum Gasteiger partial charge on any atom is -0.374 e. The number of anilines is 1. The molecule has 3 heteroatoms. The molecule has 0 aromatic heterocycles. The summed E-state index contributed by atoms with van der Waals surface area (Å²) in [4.78, 5) is 13.7. The normalized spacial score (nSPS) is 10.1. The second-order valence-corrected chi connectivity index (χ2v) is 4.99. The van der Waals surface area contributed by atoms with E-state index >= 15 is 0 Å². The Hall–Kier alpha value is -1.09. The zero-order valence-corrected chi connectivity index (χ0v) is 12.0. The van der Waals surface area contributed by atoms with E-state index in [9.17, 15) is 4.79 Å². The largest absolute Gasteiger partial charge is 0.374 e. The number of carbonyl (C=O) groups is 1. The van der Waals surface area contributed by atoms with Crippen molar-refractivity contribution in [2.75, 3.05) is 18.5 Å². The number of halogens is 1. The van der Waals surface area contributed by atoms with Crippen molar-refractivity contribution < 1.29 is 4.79 Å². The maximum absolute atomic E-state index is 11.6. The first-order chi connectivity index (χ1) is 8.06. The molecule has 1 aromatic carbocycles. The van der Waals surface area contributed by atoms with Gasteiger partial charge in [0.2, 0.25) is 0 Å². The van der Waals surface area contributed by atoms with E-state index in [0.717, 1.165) is 35.1 Å². The van der Waals surface area contributed by atoms with Gasteiger partial charge in [-0.05, 0) is 38.0 Å². The second kappa shape index (κ2) is 6.60. The van der Waals surface area contributed by atoms with Gasteiger partial charge in [0.25, 0.3) is 0 Å². The Kier molecular flexibility index (Phi) is 5.42. The fourth-order valence-electron chi connectivity index (χ4n) is 1.71. The first-order valence-corrected chi connectivity index (χ1v) is 6.48. The number of ketones is 1. The number of carbonyl (C=O) groups excluding carboxylic acids is 1. The first kappa shape index (κ1) is 14.0. The average Bonchev–Trinajstić information content (AvgIpc) is 2.28. The summed E-state index contributed by atoms with van der Waals surface area (Å²) in [6.45, 7) is 6.23. The minimum absolute atomic E-state index is 0.100. The van der Waals surface area contributed by atoms with Crippen molar-refractivity contribution in [1.82, 2.24) is 0 Å². The van der Waals surface area contributed by atoms with Crippen molar-refractivity contribution in [2.24, 2.45) is 0 Å². The smallest absolute Gasteiger partial charge is 0.161 e. The van der Waals surface area contributed by atoms with Crippen molar-refractivity contribution in [2.45, 2.75) is 19.8 Å². The van der Waals surface area contributed by atoms with Gasteiger partial charge in [0, 0.05) is 29.3 Å². The molecule has 2 nitrogen and oxygen atoms in total. The molecule has 0 saturated carbocycles. The molecule has 1 aromatic rings. The van der Waals surface area contributed by atoms with Gasteiger partial charge in [-0.3, -0.25) is 4.79 Å². The van der Waals surface area contributed by atoms with Gasteiger partial charge in [-0.1, -0.05) is 22.0 Å². The molecule has 0 aliphatic heterocycles. The number of hydrogen-bond donors (Lipinski definition) is 0. The number of Topliss-reactive ketones (excluding diaryl/α,β-unsaturated/α-hetero) is 1. The number of nitrogens with zero attached hydrogens (tertiary/aromatic N) is 1. The summed E-state index contributed by atoms with van der Waals surface area (Å²) in [6, 6.07) is 5.76. The van der Waals surface area contributed by atoms with E-state index in [1.807, 2.05) is 31.3 Å². The van der Waals surface area contributed by atoms with E-state index in [1.165, 1.54) is 0 Å². The van der Waals surface area contributed by atoms with E-state index in [-0.39, 0.29) is 5.78 Å². The maximum Gasteiger partial charge on any atom is 0.161 e. The van der Waals surface area contributed by atoms with Crippen LogP contribution in [0.4, 0.5) is 5.69 Å². The van der Waals surface area contributed by atoms with Gasteiger partial charge in [0.1, 0.15) is 0 Å². The van der Waals surface area contributed by atoms with Gasteiger partial charge in [-0.15, -0.1) is 6.58 Å². The van der Waals surface area contributed by atoms with Gasteiger partial charge in [-0.25, -0.2) is 0 Å². The van der Waals surface area contributed by atoms with Crippen molar-refractivity contribution in [3.05, 3.63) is 40.9 Å². The summed E-state index contributed by atoms with van der Waals surface area (Å²) >= 11 is 3.44. The second-order valence-electron chi connectivity index (χ2n) is 4.07. The number of rotatable bonds is 6. The van der Waals surface area contributed by atoms with Gasteiger partial charge >= 0.3 is 0 Å². The fraction of sp³-hybridized carbons (Fsp3) is 0.357. The summed E-state index contributed by atoms with van der Waals surface area (Å²) < 4.78 is 0.994. The molecule has 0 radical (unpaired) electrons. The lowest BCUT2D eigenvalue weighted by molar-refractivity contribution is 0.101. The monoisotopic (exact) mass is 295 g/mol. The van der Waals surface area contributed by atoms with E-state index in [2.05, 4.69) is 27.4 Å². The molecule has 0 atom stereocenters. The first-order valence-electron chi connectivity index (χ1n) is 5.68. The van der Waals surface area contributed by atoms with Crippen LogP contribution < -0.4 is 4.90 Å². The number of hydrogen-bond acceptors (Lipinski definition) is 2. The van der Waals surface area contributed by atoms with E-state index in [0.29, 0.717) is 0 Å². The Labute approximate surface area is 111 Å². The van der Waals surface area contributed by atoms with E-state index in [1.54, 1.807) is 6.92 Å². The van der Waals surface area contributed by atoms with Crippen LogP contribution in [0.25, 0.3) is 0 Å². The highest BCUT2D eigenvalue weighted by Gasteiger charge is 2.11. The molecule has 0 fully saturated rings. The van der Waals surface area contributed by atoms with Crippen LogP contribution in [0.1, 0.15) is 30.1 Å². The van der Waals surface area contributed by atoms with Crippen LogP contribution in [0, 0.1) is 0 Å². The van der Waals surface area contributed by atoms with Crippen molar-refractivity contribution >= 4 is 27.4 Å². The predicted octanol–water partition coefficient (Wildman–Crippen LogP) is 4.05. The predicted molar refractivity (Wildman–Crippen MR) is 76.8 cm³/mol. The molecule has 92 valence electrons. The molecule has 17 heavy (non-hydrogen) atoms. The van der Waals surface area contributed by atoms with Crippen LogP contribution in [-0.4, -0.2) is 19.4 Å². The Bertz CT molecular complexity index is 415. The summed E-state index contributed by atoms with van der Waals surface area (Å²) in [6.07, 6.45) is 3.96. The molecule has 0 spiro atoms. The van der Waals surface area contributed by atoms with Crippen LogP contribution in [0.2, 0.25) is 0 Å². The van der Waals surface area contributed by atoms with Gasteiger partial charge < -0.3 is 4.90 Å². The van der Waals surface area contributed by atoms with Gasteiger partial charge in [0.15, 0.2) is 5.78 Å². The minimum atomic E-state index is 0.100. The highest BCUT2D eigenvalue weighted by molar-refractivity contribution is 9.10. The number of benzene rings is 1. The van der Waals surface area contributed by atoms with E-state index in [4.69, 9.17) is 0 Å². The third kappa shape index (κ3) is 4.00. The summed E-state index contributed by atoms with van der Waals surface area (Å²) in [5.74, 6) is 0.100. The molecule has 0 unspecified atom stereocenters. The third-order valence-electron chi connectivity index (χ3n) is 2.65. The zero-order chi connectivity index (χ0) is 12.8.